The minimum absolute atomic E-state index is 0.0814. The van der Waals surface area contributed by atoms with Crippen molar-refractivity contribution in [1.29, 1.82) is 0 Å². The van der Waals surface area contributed by atoms with Gasteiger partial charge in [-0.3, -0.25) is 14.5 Å². The standard InChI is InChI=1S/C23H25ClFN3O3/c1-14(2)15-8-10-16(11-9-15)23(3)21(30)28(22(31)26-23)13-20(29)27(4)12-17-18(24)6-5-7-19(17)25/h5-11,14H,12-13H2,1-4H3,(H,26,31). The quantitative estimate of drug-likeness (QED) is 0.682. The summed E-state index contributed by atoms with van der Waals surface area (Å²) < 4.78 is 14.0. The third-order valence-corrected chi connectivity index (χ3v) is 5.96. The van der Waals surface area contributed by atoms with Crippen LogP contribution in [0.15, 0.2) is 42.5 Å². The Morgan fingerprint density at radius 3 is 2.42 bits per heavy atom. The molecule has 1 atom stereocenters. The summed E-state index contributed by atoms with van der Waals surface area (Å²) in [7, 11) is 1.47. The Hall–Kier alpha value is -2.93. The lowest BCUT2D eigenvalue weighted by molar-refractivity contribution is -0.138. The van der Waals surface area contributed by atoms with Crippen LogP contribution in [0.1, 0.15) is 43.4 Å². The lowest BCUT2D eigenvalue weighted by Gasteiger charge is -2.24. The summed E-state index contributed by atoms with van der Waals surface area (Å²) in [6, 6.07) is 11.1. The van der Waals surface area contributed by atoms with Crippen molar-refractivity contribution in [3.05, 3.63) is 70.0 Å². The highest BCUT2D eigenvalue weighted by Crippen LogP contribution is 2.30. The predicted molar refractivity (Wildman–Crippen MR) is 116 cm³/mol. The number of nitrogens with one attached hydrogen (secondary N) is 1. The molecule has 1 unspecified atom stereocenters. The van der Waals surface area contributed by atoms with Crippen molar-refractivity contribution in [2.24, 2.45) is 0 Å². The van der Waals surface area contributed by atoms with E-state index in [0.717, 1.165) is 10.5 Å². The number of carbonyl (C=O) groups excluding carboxylic acids is 3. The van der Waals surface area contributed by atoms with Crippen LogP contribution < -0.4 is 5.32 Å². The summed E-state index contributed by atoms with van der Waals surface area (Å²) in [5.41, 5.74) is 0.661. The Kier molecular flexibility index (Phi) is 6.36. The van der Waals surface area contributed by atoms with Gasteiger partial charge < -0.3 is 10.2 Å². The zero-order chi connectivity index (χ0) is 22.9. The molecule has 6 nitrogen and oxygen atoms in total. The first-order valence-corrected chi connectivity index (χ1v) is 10.3. The van der Waals surface area contributed by atoms with Crippen LogP contribution in [0, 0.1) is 5.82 Å². The molecule has 1 aliphatic heterocycles. The maximum atomic E-state index is 14.0. The molecular weight excluding hydrogens is 421 g/mol. The first-order valence-electron chi connectivity index (χ1n) is 9.96. The SMILES string of the molecule is CC(C)c1ccc(C2(C)NC(=O)N(CC(=O)N(C)Cc3c(F)cccc3Cl)C2=O)cc1. The highest BCUT2D eigenvalue weighted by Gasteiger charge is 2.49. The maximum Gasteiger partial charge on any atom is 0.325 e. The van der Waals surface area contributed by atoms with Crippen molar-refractivity contribution in [3.8, 4) is 0 Å². The van der Waals surface area contributed by atoms with Gasteiger partial charge in [-0.25, -0.2) is 9.18 Å². The number of carbonyl (C=O) groups is 3. The van der Waals surface area contributed by atoms with Gasteiger partial charge in [0.25, 0.3) is 5.91 Å². The van der Waals surface area contributed by atoms with Crippen molar-refractivity contribution in [2.75, 3.05) is 13.6 Å². The summed E-state index contributed by atoms with van der Waals surface area (Å²) in [5, 5.41) is 2.89. The Morgan fingerprint density at radius 2 is 1.84 bits per heavy atom. The van der Waals surface area contributed by atoms with Gasteiger partial charge in [-0.1, -0.05) is 55.8 Å². The largest absolute Gasteiger partial charge is 0.340 e. The molecular formula is C23H25ClFN3O3. The molecule has 1 heterocycles. The minimum atomic E-state index is -1.26. The van der Waals surface area contributed by atoms with Gasteiger partial charge in [0.15, 0.2) is 0 Å². The van der Waals surface area contributed by atoms with Crippen LogP contribution in [-0.2, 0) is 21.7 Å². The summed E-state index contributed by atoms with van der Waals surface area (Å²) in [4.78, 5) is 40.4. The fraction of sp³-hybridized carbons (Fsp3) is 0.348. The number of hydrogen-bond acceptors (Lipinski definition) is 3. The molecule has 1 N–H and O–H groups in total. The Balaban J connectivity index is 1.74. The number of urea groups is 1. The number of imide groups is 1. The molecule has 0 aromatic heterocycles. The van der Waals surface area contributed by atoms with Gasteiger partial charge in [0, 0.05) is 24.2 Å². The average molecular weight is 446 g/mol. The van der Waals surface area contributed by atoms with Crippen molar-refractivity contribution < 1.29 is 18.8 Å². The molecule has 3 rings (SSSR count). The van der Waals surface area contributed by atoms with E-state index < -0.39 is 35.7 Å². The number of benzene rings is 2. The van der Waals surface area contributed by atoms with Gasteiger partial charge in [0.05, 0.1) is 0 Å². The summed E-state index contributed by atoms with van der Waals surface area (Å²) in [6.45, 7) is 5.22. The number of rotatable bonds is 6. The topological polar surface area (TPSA) is 69.7 Å². The molecule has 8 heteroatoms. The lowest BCUT2D eigenvalue weighted by Crippen LogP contribution is -2.43. The van der Waals surface area contributed by atoms with E-state index >= 15 is 0 Å². The Morgan fingerprint density at radius 1 is 1.19 bits per heavy atom. The third kappa shape index (κ3) is 4.42. The van der Waals surface area contributed by atoms with Crippen LogP contribution in [0.4, 0.5) is 9.18 Å². The van der Waals surface area contributed by atoms with E-state index in [1.54, 1.807) is 6.92 Å². The van der Waals surface area contributed by atoms with Gasteiger partial charge in [0.2, 0.25) is 5.91 Å². The van der Waals surface area contributed by atoms with Crippen LogP contribution in [-0.4, -0.2) is 41.2 Å². The highest BCUT2D eigenvalue weighted by atomic mass is 35.5. The van der Waals surface area contributed by atoms with Crippen molar-refractivity contribution in [3.63, 3.8) is 0 Å². The van der Waals surface area contributed by atoms with Gasteiger partial charge in [-0.2, -0.15) is 0 Å². The fourth-order valence-corrected chi connectivity index (χ4v) is 3.73. The number of amides is 4. The summed E-state index contributed by atoms with van der Waals surface area (Å²) >= 11 is 6.02. The number of halogens is 2. The summed E-state index contributed by atoms with van der Waals surface area (Å²) in [5.74, 6) is -1.22. The number of hydrogen-bond donors (Lipinski definition) is 1. The van der Waals surface area contributed by atoms with Crippen molar-refractivity contribution in [1.82, 2.24) is 15.1 Å². The van der Waals surface area contributed by atoms with Gasteiger partial charge >= 0.3 is 6.03 Å². The molecule has 0 radical (unpaired) electrons. The molecule has 4 amide bonds. The smallest absolute Gasteiger partial charge is 0.325 e. The van der Waals surface area contributed by atoms with Crippen LogP contribution in [0.2, 0.25) is 5.02 Å². The molecule has 1 saturated heterocycles. The molecule has 0 spiro atoms. The number of likely N-dealkylation sites (N-methyl/N-ethyl adjacent to an activating group) is 1. The van der Waals surface area contributed by atoms with Crippen LogP contribution in [0.5, 0.6) is 0 Å². The monoisotopic (exact) mass is 445 g/mol. The molecule has 164 valence electrons. The number of nitrogens with zero attached hydrogens (tertiary/aromatic N) is 2. The van der Waals surface area contributed by atoms with E-state index in [-0.39, 0.29) is 17.1 Å². The Labute approximate surface area is 186 Å². The van der Waals surface area contributed by atoms with E-state index in [2.05, 4.69) is 19.2 Å². The molecule has 0 saturated carbocycles. The average Bonchev–Trinajstić information content (AvgIpc) is 2.94. The van der Waals surface area contributed by atoms with Crippen molar-refractivity contribution >= 4 is 29.4 Å². The molecule has 0 bridgehead atoms. The van der Waals surface area contributed by atoms with E-state index in [1.807, 2.05) is 24.3 Å². The van der Waals surface area contributed by atoms with E-state index in [0.29, 0.717) is 11.5 Å². The summed E-state index contributed by atoms with van der Waals surface area (Å²) in [6.07, 6.45) is 0. The lowest BCUT2D eigenvalue weighted by atomic mass is 9.90. The van der Waals surface area contributed by atoms with Gasteiger partial charge in [-0.05, 0) is 36.1 Å². The predicted octanol–water partition coefficient (Wildman–Crippen LogP) is 4.03. The highest BCUT2D eigenvalue weighted by molar-refractivity contribution is 6.31. The second-order valence-corrected chi connectivity index (χ2v) is 8.58. The molecule has 1 fully saturated rings. The third-order valence-electron chi connectivity index (χ3n) is 5.61. The minimum Gasteiger partial charge on any atom is -0.340 e. The second kappa shape index (κ2) is 8.67. The van der Waals surface area contributed by atoms with E-state index in [4.69, 9.17) is 11.6 Å². The maximum absolute atomic E-state index is 14.0. The Bertz CT molecular complexity index is 1000. The molecule has 0 aliphatic carbocycles. The fourth-order valence-electron chi connectivity index (χ4n) is 3.50. The molecule has 2 aromatic rings. The zero-order valence-electron chi connectivity index (χ0n) is 17.9. The first kappa shape index (κ1) is 22.7. The van der Waals surface area contributed by atoms with Crippen molar-refractivity contribution in [2.45, 2.75) is 38.8 Å². The van der Waals surface area contributed by atoms with Gasteiger partial charge in [-0.15, -0.1) is 0 Å². The molecule has 1 aliphatic rings. The zero-order valence-corrected chi connectivity index (χ0v) is 18.7. The normalized spacial score (nSPS) is 18.5. The second-order valence-electron chi connectivity index (χ2n) is 8.17. The molecule has 2 aromatic carbocycles. The van der Waals surface area contributed by atoms with Crippen LogP contribution in [0.3, 0.4) is 0 Å². The first-order chi connectivity index (χ1) is 14.5. The van der Waals surface area contributed by atoms with E-state index in [9.17, 15) is 18.8 Å². The molecule has 31 heavy (non-hydrogen) atoms. The van der Waals surface area contributed by atoms with Crippen LogP contribution >= 0.6 is 11.6 Å². The van der Waals surface area contributed by atoms with Crippen LogP contribution in [0.25, 0.3) is 0 Å². The van der Waals surface area contributed by atoms with Gasteiger partial charge in [0.1, 0.15) is 17.9 Å². The van der Waals surface area contributed by atoms with E-state index in [1.165, 1.54) is 30.1 Å².